The number of hydrazine groups is 1. The molecule has 1 amide bonds. The average molecular weight is 459 g/mol. The molecular formula is C23H38N8O2. The number of piperidine rings is 1. The van der Waals surface area contributed by atoms with E-state index < -0.39 is 0 Å². The van der Waals surface area contributed by atoms with Crippen LogP contribution in [0.1, 0.15) is 36.0 Å². The smallest absolute Gasteiger partial charge is 0.251 e. The van der Waals surface area contributed by atoms with Crippen molar-refractivity contribution in [3.05, 3.63) is 29.8 Å². The molecule has 7 N–H and O–H groups in total. The van der Waals surface area contributed by atoms with Gasteiger partial charge >= 0.3 is 0 Å². The predicted octanol–water partition coefficient (Wildman–Crippen LogP) is -0.661. The molecule has 0 spiro atoms. The highest BCUT2D eigenvalue weighted by atomic mass is 16.5. The summed E-state index contributed by atoms with van der Waals surface area (Å²) < 4.78 is 5.91. The van der Waals surface area contributed by atoms with Gasteiger partial charge in [0, 0.05) is 43.2 Å². The third-order valence-electron chi connectivity index (χ3n) is 7.41. The molecule has 5 unspecified atom stereocenters. The van der Waals surface area contributed by atoms with E-state index in [0.29, 0.717) is 18.2 Å². The molecule has 1 aromatic rings. The fraction of sp³-hybridized carbons (Fsp3) is 0.696. The Balaban J connectivity index is 1.14. The summed E-state index contributed by atoms with van der Waals surface area (Å²) >= 11 is 0. The van der Waals surface area contributed by atoms with Gasteiger partial charge < -0.3 is 26.0 Å². The second kappa shape index (κ2) is 10.6. The van der Waals surface area contributed by atoms with Gasteiger partial charge in [-0.2, -0.15) is 0 Å². The first-order chi connectivity index (χ1) is 16.2. The molecule has 4 fully saturated rings. The van der Waals surface area contributed by atoms with Gasteiger partial charge in [0.15, 0.2) is 0 Å². The molecule has 4 aliphatic heterocycles. The Morgan fingerprint density at radius 2 is 2.12 bits per heavy atom. The number of fused-ring (bicyclic) bond motifs is 1. The second-order valence-electron chi connectivity index (χ2n) is 9.55. The number of nitrogens with zero attached hydrogens (tertiary/aromatic N) is 1. The minimum Gasteiger partial charge on any atom is -0.382 e. The van der Waals surface area contributed by atoms with Crippen LogP contribution in [0.2, 0.25) is 0 Å². The lowest BCUT2D eigenvalue weighted by Gasteiger charge is -2.42. The zero-order valence-electron chi connectivity index (χ0n) is 19.4. The van der Waals surface area contributed by atoms with Gasteiger partial charge in [0.25, 0.3) is 5.91 Å². The molecule has 4 aliphatic rings. The van der Waals surface area contributed by atoms with Crippen molar-refractivity contribution in [1.29, 1.82) is 0 Å². The molecule has 10 heteroatoms. The minimum absolute atomic E-state index is 0.0218. The average Bonchev–Trinajstić information content (AvgIpc) is 3.24. The molecule has 182 valence electrons. The summed E-state index contributed by atoms with van der Waals surface area (Å²) in [7, 11) is 2.14. The number of benzene rings is 1. The van der Waals surface area contributed by atoms with E-state index in [-0.39, 0.29) is 36.4 Å². The van der Waals surface area contributed by atoms with E-state index in [9.17, 15) is 4.79 Å². The standard InChI is InChI=1S/C23H38N8O2/c1-31-20(29-30-22(31)18-7-10-24-14-27-18)13-26-16-5-2-4-15(12-16)23(32)28-17-8-11-33-19-6-3-9-25-21(17)19/h2,4-5,12,17-22,24-27,29-30H,3,6-11,13-14H2,1H3,(H,28,32)/t17-,18?,19?,20?,21?,22?/m0/s1. The van der Waals surface area contributed by atoms with Gasteiger partial charge in [-0.25, -0.2) is 10.9 Å². The van der Waals surface area contributed by atoms with Crippen molar-refractivity contribution in [3.8, 4) is 0 Å². The van der Waals surface area contributed by atoms with Crippen LogP contribution in [0, 0.1) is 0 Å². The summed E-state index contributed by atoms with van der Waals surface area (Å²) in [5.41, 5.74) is 8.45. The summed E-state index contributed by atoms with van der Waals surface area (Å²) in [4.78, 5) is 15.3. The minimum atomic E-state index is -0.0218. The van der Waals surface area contributed by atoms with E-state index in [1.54, 1.807) is 0 Å². The summed E-state index contributed by atoms with van der Waals surface area (Å²) in [6, 6.07) is 8.49. The van der Waals surface area contributed by atoms with Gasteiger partial charge in [0.2, 0.25) is 0 Å². The molecule has 1 aromatic carbocycles. The molecule has 10 nitrogen and oxygen atoms in total. The lowest BCUT2D eigenvalue weighted by atomic mass is 9.90. The van der Waals surface area contributed by atoms with Crippen molar-refractivity contribution in [2.45, 2.75) is 62.2 Å². The summed E-state index contributed by atoms with van der Waals surface area (Å²) in [5, 5.41) is 17.2. The Bertz CT molecular complexity index is 802. The zero-order valence-corrected chi connectivity index (χ0v) is 19.4. The van der Waals surface area contributed by atoms with Crippen LogP contribution >= 0.6 is 0 Å². The van der Waals surface area contributed by atoms with Crippen LogP contribution in [-0.2, 0) is 4.74 Å². The highest BCUT2D eigenvalue weighted by Gasteiger charge is 2.37. The van der Waals surface area contributed by atoms with Gasteiger partial charge in [0.1, 0.15) is 0 Å². The SMILES string of the molecule is CN1C(CNc2cccc(C(=O)N[C@H]3CCOC4CCCNC43)c2)NNC1C1CCNCN1. The lowest BCUT2D eigenvalue weighted by Crippen LogP contribution is -2.61. The molecule has 0 radical (unpaired) electrons. The Kier molecular flexibility index (Phi) is 7.41. The van der Waals surface area contributed by atoms with E-state index in [1.165, 1.54) is 0 Å². The molecule has 0 bridgehead atoms. The highest BCUT2D eigenvalue weighted by molar-refractivity contribution is 5.95. The van der Waals surface area contributed by atoms with Crippen molar-refractivity contribution >= 4 is 11.6 Å². The Hall–Kier alpha value is -1.79. The van der Waals surface area contributed by atoms with E-state index >= 15 is 0 Å². The number of amides is 1. The Morgan fingerprint density at radius 3 is 3.00 bits per heavy atom. The van der Waals surface area contributed by atoms with Crippen molar-refractivity contribution in [2.24, 2.45) is 0 Å². The fourth-order valence-electron chi connectivity index (χ4n) is 5.48. The van der Waals surface area contributed by atoms with Crippen LogP contribution < -0.4 is 37.4 Å². The van der Waals surface area contributed by atoms with E-state index in [2.05, 4.69) is 49.4 Å². The molecule has 0 saturated carbocycles. The maximum Gasteiger partial charge on any atom is 0.251 e. The molecule has 6 atom stereocenters. The van der Waals surface area contributed by atoms with Crippen molar-refractivity contribution in [3.63, 3.8) is 0 Å². The van der Waals surface area contributed by atoms with Gasteiger partial charge in [-0.15, -0.1) is 0 Å². The van der Waals surface area contributed by atoms with Crippen LogP contribution in [0.5, 0.6) is 0 Å². The van der Waals surface area contributed by atoms with Gasteiger partial charge in [-0.3, -0.25) is 15.0 Å². The quantitative estimate of drug-likeness (QED) is 0.299. The Labute approximate surface area is 195 Å². The maximum atomic E-state index is 13.0. The summed E-state index contributed by atoms with van der Waals surface area (Å²) in [6.07, 6.45) is 4.73. The number of carbonyl (C=O) groups is 1. The number of hydrogen-bond acceptors (Lipinski definition) is 9. The molecule has 0 aromatic heterocycles. The monoisotopic (exact) mass is 458 g/mol. The largest absolute Gasteiger partial charge is 0.382 e. The second-order valence-corrected chi connectivity index (χ2v) is 9.55. The van der Waals surface area contributed by atoms with Crippen molar-refractivity contribution < 1.29 is 9.53 Å². The fourth-order valence-corrected chi connectivity index (χ4v) is 5.48. The number of nitrogens with one attached hydrogen (secondary N) is 7. The topological polar surface area (TPSA) is 114 Å². The normalized spacial score (nSPS) is 35.1. The number of hydrogen-bond donors (Lipinski definition) is 7. The van der Waals surface area contributed by atoms with Crippen molar-refractivity contribution in [2.75, 3.05) is 45.3 Å². The van der Waals surface area contributed by atoms with Crippen LogP contribution in [-0.4, -0.2) is 87.3 Å². The Morgan fingerprint density at radius 1 is 1.18 bits per heavy atom. The summed E-state index contributed by atoms with van der Waals surface area (Å²) in [5.74, 6) is -0.0218. The third-order valence-corrected chi connectivity index (χ3v) is 7.41. The predicted molar refractivity (Wildman–Crippen MR) is 128 cm³/mol. The van der Waals surface area contributed by atoms with Gasteiger partial charge in [0.05, 0.1) is 24.5 Å². The number of rotatable bonds is 6. The van der Waals surface area contributed by atoms with Crippen molar-refractivity contribution in [1.82, 2.24) is 37.0 Å². The van der Waals surface area contributed by atoms with E-state index in [0.717, 1.165) is 57.7 Å². The van der Waals surface area contributed by atoms with Crippen LogP contribution in [0.3, 0.4) is 0 Å². The summed E-state index contributed by atoms with van der Waals surface area (Å²) in [6.45, 7) is 4.30. The van der Waals surface area contributed by atoms with Gasteiger partial charge in [-0.1, -0.05) is 6.07 Å². The molecule has 0 aliphatic carbocycles. The molecule has 4 saturated heterocycles. The number of anilines is 1. The van der Waals surface area contributed by atoms with Crippen LogP contribution in [0.15, 0.2) is 24.3 Å². The highest BCUT2D eigenvalue weighted by Crippen LogP contribution is 2.23. The first kappa shape index (κ1) is 23.0. The van der Waals surface area contributed by atoms with E-state index in [4.69, 9.17) is 4.74 Å². The number of ether oxygens (including phenoxy) is 1. The van der Waals surface area contributed by atoms with E-state index in [1.807, 2.05) is 24.3 Å². The lowest BCUT2D eigenvalue weighted by molar-refractivity contribution is -0.0392. The van der Waals surface area contributed by atoms with Crippen LogP contribution in [0.4, 0.5) is 5.69 Å². The number of likely N-dealkylation sites (N-methyl/N-ethyl adjacent to an activating group) is 1. The van der Waals surface area contributed by atoms with Gasteiger partial charge in [-0.05, 0) is 64.0 Å². The maximum absolute atomic E-state index is 13.0. The molecular weight excluding hydrogens is 420 g/mol. The molecule has 4 heterocycles. The zero-order chi connectivity index (χ0) is 22.6. The molecule has 5 rings (SSSR count). The number of carbonyl (C=O) groups excluding carboxylic acids is 1. The first-order valence-corrected chi connectivity index (χ1v) is 12.4. The third kappa shape index (κ3) is 5.32. The first-order valence-electron chi connectivity index (χ1n) is 12.4. The van der Waals surface area contributed by atoms with Crippen LogP contribution in [0.25, 0.3) is 0 Å². The molecule has 33 heavy (non-hydrogen) atoms.